The first-order chi connectivity index (χ1) is 3.27. The van der Waals surface area contributed by atoms with Gasteiger partial charge >= 0.3 is 0 Å². The van der Waals surface area contributed by atoms with Gasteiger partial charge in [-0.05, 0) is 0 Å². The summed E-state index contributed by atoms with van der Waals surface area (Å²) in [5.41, 5.74) is 5.14. The van der Waals surface area contributed by atoms with Crippen molar-refractivity contribution in [3.05, 3.63) is 11.6 Å². The smallest absolute Gasteiger partial charge is 0.0585 e. The largest absolute Gasteiger partial charge is 0.394 e. The lowest BCUT2D eigenvalue weighted by molar-refractivity contribution is 1.54. The fraction of sp³-hybridized carbons (Fsp3) is 0.250. The van der Waals surface area contributed by atoms with Crippen molar-refractivity contribution >= 4 is 18.0 Å². The standard InChI is InChI=1S/C4H8N2S/c1-4(6)7-3-2-5/h2,5H,1,3,6H2. The highest BCUT2D eigenvalue weighted by atomic mass is 32.2. The van der Waals surface area contributed by atoms with Gasteiger partial charge in [-0.15, -0.1) is 11.8 Å². The Morgan fingerprint density at radius 2 is 2.57 bits per heavy atom. The summed E-state index contributed by atoms with van der Waals surface area (Å²) in [6.07, 6.45) is 1.29. The highest BCUT2D eigenvalue weighted by Crippen LogP contribution is 2.02. The summed E-state index contributed by atoms with van der Waals surface area (Å²) < 4.78 is 0. The second-order valence-corrected chi connectivity index (χ2v) is 2.13. The Balaban J connectivity index is 2.97. The van der Waals surface area contributed by atoms with E-state index >= 15 is 0 Å². The van der Waals surface area contributed by atoms with E-state index in [1.807, 2.05) is 0 Å². The molecule has 0 atom stereocenters. The number of nitrogens with two attached hydrogens (primary N) is 1. The minimum Gasteiger partial charge on any atom is -0.394 e. The first-order valence-corrected chi connectivity index (χ1v) is 2.82. The summed E-state index contributed by atoms with van der Waals surface area (Å²) in [6.45, 7) is 3.43. The van der Waals surface area contributed by atoms with Crippen LogP contribution in [0.5, 0.6) is 0 Å². The molecule has 0 saturated carbocycles. The average molecular weight is 116 g/mol. The minimum atomic E-state index is 0.573. The van der Waals surface area contributed by atoms with Gasteiger partial charge in [0.15, 0.2) is 0 Å². The van der Waals surface area contributed by atoms with E-state index in [-0.39, 0.29) is 0 Å². The molecule has 0 saturated heterocycles. The fourth-order valence-corrected chi connectivity index (χ4v) is 0.446. The van der Waals surface area contributed by atoms with Gasteiger partial charge in [-0.1, -0.05) is 6.58 Å². The topological polar surface area (TPSA) is 49.9 Å². The van der Waals surface area contributed by atoms with Crippen molar-refractivity contribution in [1.29, 1.82) is 5.41 Å². The van der Waals surface area contributed by atoms with Crippen molar-refractivity contribution in [1.82, 2.24) is 0 Å². The van der Waals surface area contributed by atoms with Gasteiger partial charge in [-0.2, -0.15) is 0 Å². The molecule has 0 amide bonds. The summed E-state index contributed by atoms with van der Waals surface area (Å²) in [7, 11) is 0. The number of nitrogens with one attached hydrogen (secondary N) is 1. The van der Waals surface area contributed by atoms with Crippen LogP contribution in [0, 0.1) is 5.41 Å². The Morgan fingerprint density at radius 3 is 2.71 bits per heavy atom. The van der Waals surface area contributed by atoms with Crippen LogP contribution in [-0.4, -0.2) is 12.0 Å². The zero-order valence-electron chi connectivity index (χ0n) is 3.98. The summed E-state index contributed by atoms with van der Waals surface area (Å²) in [5.74, 6) is 0.634. The molecule has 0 aliphatic rings. The van der Waals surface area contributed by atoms with Crippen LogP contribution in [0.1, 0.15) is 0 Å². The monoisotopic (exact) mass is 116 g/mol. The van der Waals surface area contributed by atoms with Crippen molar-refractivity contribution in [3.8, 4) is 0 Å². The van der Waals surface area contributed by atoms with Crippen LogP contribution in [0.4, 0.5) is 0 Å². The molecule has 2 nitrogen and oxygen atoms in total. The van der Waals surface area contributed by atoms with E-state index in [2.05, 4.69) is 6.58 Å². The first-order valence-electron chi connectivity index (χ1n) is 1.83. The molecule has 0 spiro atoms. The molecule has 0 aliphatic carbocycles. The van der Waals surface area contributed by atoms with E-state index < -0.39 is 0 Å². The third kappa shape index (κ3) is 5.56. The van der Waals surface area contributed by atoms with Crippen LogP contribution < -0.4 is 5.73 Å². The molecule has 0 unspecified atom stereocenters. The summed E-state index contributed by atoms with van der Waals surface area (Å²) in [5, 5.41) is 7.13. The molecule has 0 aromatic heterocycles. The van der Waals surface area contributed by atoms with E-state index in [9.17, 15) is 0 Å². The van der Waals surface area contributed by atoms with Crippen LogP contribution in [0.25, 0.3) is 0 Å². The maximum atomic E-state index is 6.55. The number of rotatable bonds is 3. The molecule has 3 N–H and O–H groups in total. The van der Waals surface area contributed by atoms with E-state index in [4.69, 9.17) is 11.1 Å². The second-order valence-electron chi connectivity index (χ2n) is 0.981. The Hall–Kier alpha value is -0.440. The Morgan fingerprint density at radius 1 is 2.00 bits per heavy atom. The van der Waals surface area contributed by atoms with Crippen molar-refractivity contribution in [2.45, 2.75) is 0 Å². The molecule has 40 valence electrons. The minimum absolute atomic E-state index is 0.573. The van der Waals surface area contributed by atoms with Crippen molar-refractivity contribution in [2.24, 2.45) is 5.73 Å². The molecule has 0 bridgehead atoms. The molecule has 0 aliphatic heterocycles. The maximum absolute atomic E-state index is 6.55. The van der Waals surface area contributed by atoms with Gasteiger partial charge in [0.25, 0.3) is 0 Å². The fourth-order valence-electron chi connectivity index (χ4n) is 0.149. The lowest BCUT2D eigenvalue weighted by Gasteiger charge is -1.88. The van der Waals surface area contributed by atoms with E-state index in [0.29, 0.717) is 10.8 Å². The molecule has 0 fully saturated rings. The van der Waals surface area contributed by atoms with Crippen molar-refractivity contribution in [2.75, 3.05) is 5.75 Å². The van der Waals surface area contributed by atoms with Crippen molar-refractivity contribution in [3.63, 3.8) is 0 Å². The summed E-state index contributed by atoms with van der Waals surface area (Å²) >= 11 is 1.37. The lowest BCUT2D eigenvalue weighted by Crippen LogP contribution is -1.89. The molecule has 0 heterocycles. The van der Waals surface area contributed by atoms with Crippen LogP contribution in [0.15, 0.2) is 11.6 Å². The molecule has 0 aromatic carbocycles. The van der Waals surface area contributed by atoms with Crippen LogP contribution >= 0.6 is 11.8 Å². The van der Waals surface area contributed by atoms with Crippen LogP contribution in [-0.2, 0) is 0 Å². The third-order valence-electron chi connectivity index (χ3n) is 0.352. The maximum Gasteiger partial charge on any atom is 0.0585 e. The molecule has 3 heteroatoms. The number of hydrogen-bond donors (Lipinski definition) is 2. The Bertz CT molecular complexity index is 79.8. The Kier molecular flexibility index (Phi) is 3.50. The average Bonchev–Trinajstić information content (AvgIpc) is 1.61. The molecule has 0 rings (SSSR count). The highest BCUT2D eigenvalue weighted by molar-refractivity contribution is 8.03. The lowest BCUT2D eigenvalue weighted by atomic mass is 10.9. The van der Waals surface area contributed by atoms with E-state index in [1.54, 1.807) is 0 Å². The molecule has 7 heavy (non-hydrogen) atoms. The first kappa shape index (κ1) is 6.56. The van der Waals surface area contributed by atoms with Gasteiger partial charge in [0.05, 0.1) is 5.03 Å². The van der Waals surface area contributed by atoms with Gasteiger partial charge in [0.2, 0.25) is 0 Å². The van der Waals surface area contributed by atoms with Crippen LogP contribution in [0.3, 0.4) is 0 Å². The zero-order chi connectivity index (χ0) is 5.70. The normalized spacial score (nSPS) is 8.00. The molecular formula is C4H8N2S. The van der Waals surface area contributed by atoms with Crippen LogP contribution in [0.2, 0.25) is 0 Å². The summed E-state index contributed by atoms with van der Waals surface area (Å²) in [4.78, 5) is 0. The van der Waals surface area contributed by atoms with E-state index in [1.165, 1.54) is 18.0 Å². The van der Waals surface area contributed by atoms with Gasteiger partial charge in [0.1, 0.15) is 0 Å². The summed E-state index contributed by atoms with van der Waals surface area (Å²) in [6, 6.07) is 0. The predicted octanol–water partition coefficient (Wildman–Crippen LogP) is 0.799. The van der Waals surface area contributed by atoms with Gasteiger partial charge in [0, 0.05) is 12.0 Å². The van der Waals surface area contributed by atoms with Gasteiger partial charge < -0.3 is 11.1 Å². The quantitative estimate of drug-likeness (QED) is 0.536. The zero-order valence-corrected chi connectivity index (χ0v) is 4.79. The SMILES string of the molecule is C=C(N)SCC=N. The Labute approximate surface area is 47.3 Å². The molecular weight excluding hydrogens is 108 g/mol. The molecule has 0 radical (unpaired) electrons. The number of thioether (sulfide) groups is 1. The molecule has 0 aromatic rings. The van der Waals surface area contributed by atoms with Gasteiger partial charge in [-0.3, -0.25) is 0 Å². The van der Waals surface area contributed by atoms with Gasteiger partial charge in [-0.25, -0.2) is 0 Å². The predicted molar refractivity (Wildman–Crippen MR) is 34.6 cm³/mol. The van der Waals surface area contributed by atoms with E-state index in [0.717, 1.165) is 0 Å². The third-order valence-corrected chi connectivity index (χ3v) is 1.06. The second kappa shape index (κ2) is 3.74. The number of hydrogen-bond acceptors (Lipinski definition) is 3. The highest BCUT2D eigenvalue weighted by Gasteiger charge is 1.79. The van der Waals surface area contributed by atoms with Crippen molar-refractivity contribution < 1.29 is 0 Å².